The highest BCUT2D eigenvalue weighted by Gasteiger charge is 2.30. The Morgan fingerprint density at radius 3 is 2.59 bits per heavy atom. The summed E-state index contributed by atoms with van der Waals surface area (Å²) >= 11 is 0. The van der Waals surface area contributed by atoms with Gasteiger partial charge in [-0.15, -0.1) is 0 Å². The van der Waals surface area contributed by atoms with E-state index in [1.54, 1.807) is 30.7 Å². The van der Waals surface area contributed by atoms with Crippen LogP contribution in [0.2, 0.25) is 0 Å². The molecule has 1 saturated heterocycles. The van der Waals surface area contributed by atoms with Gasteiger partial charge >= 0.3 is 6.61 Å². The number of carbonyl (C=O) groups is 1. The Labute approximate surface area is 213 Å². The Hall–Kier alpha value is -4.05. The molecule has 37 heavy (non-hydrogen) atoms. The highest BCUT2D eigenvalue weighted by Crippen LogP contribution is 2.30. The smallest absolute Gasteiger partial charge is 0.387 e. The van der Waals surface area contributed by atoms with Gasteiger partial charge in [0.15, 0.2) is 11.5 Å². The predicted molar refractivity (Wildman–Crippen MR) is 138 cm³/mol. The number of nitrogens with one attached hydrogen (secondary N) is 1. The summed E-state index contributed by atoms with van der Waals surface area (Å²) in [4.78, 5) is 23.4. The highest BCUT2D eigenvalue weighted by molar-refractivity contribution is 5.96. The molecule has 192 valence electrons. The summed E-state index contributed by atoms with van der Waals surface area (Å²) in [6.07, 6.45) is 8.81. The molecule has 2 aromatic heterocycles. The lowest BCUT2D eigenvalue weighted by molar-refractivity contribution is -0.117. The average Bonchev–Trinajstić information content (AvgIpc) is 3.49. The fourth-order valence-electron chi connectivity index (χ4n) is 4.69. The molecule has 10 heteroatoms. The summed E-state index contributed by atoms with van der Waals surface area (Å²) in [5.74, 6) is 1.19. The molecular weight excluding hydrogens is 478 g/mol. The number of fused-ring (bicyclic) bond motifs is 1. The quantitative estimate of drug-likeness (QED) is 0.286. The van der Waals surface area contributed by atoms with Crippen LogP contribution in [0.25, 0.3) is 16.9 Å². The van der Waals surface area contributed by atoms with Crippen molar-refractivity contribution in [3.05, 3.63) is 67.1 Å². The van der Waals surface area contributed by atoms with Crippen LogP contribution in [0.4, 0.5) is 26.0 Å². The first-order valence-corrected chi connectivity index (χ1v) is 12.3. The molecule has 0 bridgehead atoms. The second-order valence-corrected chi connectivity index (χ2v) is 9.05. The van der Waals surface area contributed by atoms with E-state index in [0.717, 1.165) is 48.4 Å². The predicted octanol–water partition coefficient (Wildman–Crippen LogP) is 5.22. The van der Waals surface area contributed by atoms with Gasteiger partial charge in [-0.2, -0.15) is 8.78 Å². The van der Waals surface area contributed by atoms with Gasteiger partial charge in [-0.3, -0.25) is 9.20 Å². The molecule has 4 aromatic rings. The van der Waals surface area contributed by atoms with E-state index in [4.69, 9.17) is 5.73 Å². The van der Waals surface area contributed by atoms with E-state index < -0.39 is 6.61 Å². The maximum atomic E-state index is 12.5. The number of benzene rings is 2. The lowest BCUT2D eigenvalue weighted by Gasteiger charge is -2.17. The first-order chi connectivity index (χ1) is 18.0. The Bertz CT molecular complexity index is 1360. The van der Waals surface area contributed by atoms with E-state index in [1.165, 1.54) is 12.1 Å². The second-order valence-electron chi connectivity index (χ2n) is 9.05. The van der Waals surface area contributed by atoms with Gasteiger partial charge in [-0.1, -0.05) is 6.42 Å². The van der Waals surface area contributed by atoms with E-state index >= 15 is 0 Å². The minimum Gasteiger partial charge on any atom is -0.435 e. The zero-order valence-corrected chi connectivity index (χ0v) is 20.2. The molecule has 2 aromatic carbocycles. The molecule has 0 aliphatic carbocycles. The number of ether oxygens (including phenoxy) is 1. The van der Waals surface area contributed by atoms with Crippen LogP contribution in [-0.2, 0) is 4.79 Å². The highest BCUT2D eigenvalue weighted by atomic mass is 19.3. The van der Waals surface area contributed by atoms with Crippen LogP contribution < -0.4 is 20.7 Å². The Balaban J connectivity index is 1.29. The number of imidazole rings is 1. The summed E-state index contributed by atoms with van der Waals surface area (Å²) in [6, 6.07) is 14.1. The molecule has 1 fully saturated rings. The summed E-state index contributed by atoms with van der Waals surface area (Å²) in [6.45, 7) is -1.44. The van der Waals surface area contributed by atoms with E-state index in [9.17, 15) is 13.6 Å². The normalized spacial score (nSPS) is 15.6. The second kappa shape index (κ2) is 10.9. The molecular formula is C27H28F2N6O2. The molecule has 5 rings (SSSR count). The van der Waals surface area contributed by atoms with Crippen molar-refractivity contribution in [3.8, 4) is 17.0 Å². The van der Waals surface area contributed by atoms with Gasteiger partial charge < -0.3 is 20.7 Å². The number of aromatic nitrogens is 3. The van der Waals surface area contributed by atoms with Crippen molar-refractivity contribution in [2.24, 2.45) is 11.7 Å². The van der Waals surface area contributed by atoms with Crippen molar-refractivity contribution in [1.29, 1.82) is 0 Å². The standard InChI is InChI=1S/C27H28F2N6O2/c28-27(29)37-22-10-4-19(5-11-22)23-16-32-26-25(31-13-14-34(23)26)33-20-6-8-21(9-7-20)35-17-18(15-24(35)36)3-1-2-12-30/h4-11,13-14,16,18,27H,1-3,12,15,17,30H2,(H,31,33). The number of nitrogens with zero attached hydrogens (tertiary/aromatic N) is 4. The molecule has 8 nitrogen and oxygen atoms in total. The van der Waals surface area contributed by atoms with Crippen LogP contribution in [-0.4, -0.2) is 40.0 Å². The number of hydrogen-bond donors (Lipinski definition) is 2. The van der Waals surface area contributed by atoms with Crippen molar-refractivity contribution >= 4 is 28.7 Å². The minimum absolute atomic E-state index is 0.0952. The average molecular weight is 507 g/mol. The summed E-state index contributed by atoms with van der Waals surface area (Å²) in [5.41, 5.74) is 9.48. The van der Waals surface area contributed by atoms with Crippen LogP contribution in [0.1, 0.15) is 25.7 Å². The third-order valence-electron chi connectivity index (χ3n) is 6.52. The van der Waals surface area contributed by atoms with Crippen molar-refractivity contribution in [1.82, 2.24) is 14.4 Å². The zero-order chi connectivity index (χ0) is 25.8. The zero-order valence-electron chi connectivity index (χ0n) is 20.2. The van der Waals surface area contributed by atoms with Crippen molar-refractivity contribution in [2.45, 2.75) is 32.3 Å². The number of alkyl halides is 2. The molecule has 1 aliphatic rings. The van der Waals surface area contributed by atoms with E-state index in [0.29, 0.717) is 30.3 Å². The van der Waals surface area contributed by atoms with Gasteiger partial charge in [-0.05, 0) is 73.8 Å². The van der Waals surface area contributed by atoms with Crippen LogP contribution in [0.3, 0.4) is 0 Å². The Kier molecular flexibility index (Phi) is 7.27. The third kappa shape index (κ3) is 5.54. The molecule has 0 radical (unpaired) electrons. The van der Waals surface area contributed by atoms with Gasteiger partial charge in [0.05, 0.1) is 11.9 Å². The van der Waals surface area contributed by atoms with Crippen LogP contribution in [0, 0.1) is 5.92 Å². The van der Waals surface area contributed by atoms with Gasteiger partial charge in [0.2, 0.25) is 5.91 Å². The molecule has 1 amide bonds. The lowest BCUT2D eigenvalue weighted by Crippen LogP contribution is -2.24. The van der Waals surface area contributed by atoms with E-state index in [-0.39, 0.29) is 11.7 Å². The van der Waals surface area contributed by atoms with E-state index in [2.05, 4.69) is 20.0 Å². The monoisotopic (exact) mass is 506 g/mol. The lowest BCUT2D eigenvalue weighted by atomic mass is 10.0. The summed E-state index contributed by atoms with van der Waals surface area (Å²) in [5, 5.41) is 3.30. The third-order valence-corrected chi connectivity index (χ3v) is 6.52. The van der Waals surface area contributed by atoms with Crippen molar-refractivity contribution < 1.29 is 18.3 Å². The van der Waals surface area contributed by atoms with Gasteiger partial charge in [-0.25, -0.2) is 9.97 Å². The first kappa shape index (κ1) is 24.6. The SMILES string of the molecule is NCCCCC1CC(=O)N(c2ccc(Nc3nccn4c(-c5ccc(OC(F)F)cc5)cnc34)cc2)C1. The van der Waals surface area contributed by atoms with Gasteiger partial charge in [0.1, 0.15) is 5.75 Å². The molecule has 1 unspecified atom stereocenters. The Morgan fingerprint density at radius 2 is 1.86 bits per heavy atom. The maximum absolute atomic E-state index is 12.5. The number of nitrogens with two attached hydrogens (primary N) is 1. The number of amides is 1. The van der Waals surface area contributed by atoms with Crippen molar-refractivity contribution in [2.75, 3.05) is 23.3 Å². The number of halogens is 2. The maximum Gasteiger partial charge on any atom is 0.387 e. The molecule has 3 N–H and O–H groups in total. The summed E-state index contributed by atoms with van der Waals surface area (Å²) in [7, 11) is 0. The molecule has 1 aliphatic heterocycles. The van der Waals surface area contributed by atoms with E-state index in [1.807, 2.05) is 33.6 Å². The fraction of sp³-hybridized carbons (Fsp3) is 0.296. The molecule has 3 heterocycles. The van der Waals surface area contributed by atoms with Crippen LogP contribution >= 0.6 is 0 Å². The van der Waals surface area contributed by atoms with Gasteiger partial charge in [0.25, 0.3) is 0 Å². The summed E-state index contributed by atoms with van der Waals surface area (Å²) < 4.78 is 31.2. The number of hydrogen-bond acceptors (Lipinski definition) is 6. The number of carbonyl (C=O) groups excluding carboxylic acids is 1. The van der Waals surface area contributed by atoms with Crippen LogP contribution in [0.15, 0.2) is 67.1 Å². The fourth-order valence-corrected chi connectivity index (χ4v) is 4.69. The largest absolute Gasteiger partial charge is 0.435 e. The van der Waals surface area contributed by atoms with Crippen molar-refractivity contribution in [3.63, 3.8) is 0 Å². The molecule has 1 atom stereocenters. The number of anilines is 3. The Morgan fingerprint density at radius 1 is 1.08 bits per heavy atom. The molecule has 0 saturated carbocycles. The van der Waals surface area contributed by atoms with Gasteiger partial charge in [0, 0.05) is 42.3 Å². The molecule has 0 spiro atoms. The topological polar surface area (TPSA) is 97.8 Å². The van der Waals surface area contributed by atoms with Crippen LogP contribution in [0.5, 0.6) is 5.75 Å². The first-order valence-electron chi connectivity index (χ1n) is 12.3. The number of unbranched alkanes of at least 4 members (excludes halogenated alkanes) is 1. The minimum atomic E-state index is -2.87. The number of rotatable bonds is 10.